The molecule has 0 radical (unpaired) electrons. The van der Waals surface area contributed by atoms with E-state index in [1.54, 1.807) is 0 Å². The fourth-order valence-corrected chi connectivity index (χ4v) is 2.53. The molecule has 3 N–H and O–H groups in total. The van der Waals surface area contributed by atoms with Gasteiger partial charge in [-0.25, -0.2) is 14.0 Å². The highest BCUT2D eigenvalue weighted by molar-refractivity contribution is 6.27. The Kier molecular flexibility index (Phi) is 4.67. The molecule has 0 bridgehead atoms. The summed E-state index contributed by atoms with van der Waals surface area (Å²) in [5, 5.41) is 19.9. The molecule has 1 saturated heterocycles. The normalized spacial score (nSPS) is 32.3. The van der Waals surface area contributed by atoms with Gasteiger partial charge in [0.2, 0.25) is 0 Å². The van der Waals surface area contributed by atoms with Crippen molar-refractivity contribution in [2.45, 2.75) is 36.3 Å². The van der Waals surface area contributed by atoms with Crippen molar-refractivity contribution >= 4 is 11.6 Å². The second kappa shape index (κ2) is 6.18. The number of aliphatic hydroxyl groups is 2. The van der Waals surface area contributed by atoms with Crippen LogP contribution < -0.4 is 11.4 Å². The number of aromatic nitrogens is 3. The third-order valence-corrected chi connectivity index (χ3v) is 3.71. The molecule has 1 aliphatic heterocycles. The lowest BCUT2D eigenvalue weighted by molar-refractivity contribution is -0.0776. The van der Waals surface area contributed by atoms with Gasteiger partial charge >= 0.3 is 11.4 Å². The molecular formula is C12H13ClFN3O5. The molecule has 1 aromatic rings. The largest absolute Gasteiger partial charge is 0.391 e. The molecule has 22 heavy (non-hydrogen) atoms. The molecule has 0 aliphatic carbocycles. The van der Waals surface area contributed by atoms with E-state index < -0.39 is 47.5 Å². The molecule has 0 aromatic carbocycles. The standard InChI is InChI=1S/C12H13ClFN3O5/c1-6(18)7-8(19)12(13,3-2-4-14)9(22-7)17-5-15-10(20)16-11(17)21/h5-9,18-19H,4H2,1H3,(H,16,20,21)/t6-,7-,8+,9-,12?/m1/s1. The number of hydrogen-bond acceptors (Lipinski definition) is 6. The molecule has 10 heteroatoms. The van der Waals surface area contributed by atoms with E-state index in [1.807, 2.05) is 4.98 Å². The average Bonchev–Trinajstić information content (AvgIpc) is 2.70. The Labute approximate surface area is 128 Å². The number of alkyl halides is 2. The zero-order chi connectivity index (χ0) is 16.5. The summed E-state index contributed by atoms with van der Waals surface area (Å²) in [6, 6.07) is 0. The number of aromatic amines is 1. The molecule has 5 atom stereocenters. The Hall–Kier alpha value is -1.73. The second-order valence-corrected chi connectivity index (χ2v) is 5.35. The van der Waals surface area contributed by atoms with Crippen LogP contribution in [0, 0.1) is 11.8 Å². The SMILES string of the molecule is C[C@@H](O)[C@H]1O[C@@H](n2cnc(=O)[nH]c2=O)C(Cl)(C#CCF)[C@H]1O. The van der Waals surface area contributed by atoms with Gasteiger partial charge in [-0.15, -0.1) is 0 Å². The Balaban J connectivity index is 2.55. The topological polar surface area (TPSA) is 117 Å². The van der Waals surface area contributed by atoms with Crippen molar-refractivity contribution in [3.05, 3.63) is 27.3 Å². The minimum Gasteiger partial charge on any atom is -0.391 e. The number of hydrogen-bond donors (Lipinski definition) is 3. The van der Waals surface area contributed by atoms with E-state index >= 15 is 0 Å². The van der Waals surface area contributed by atoms with Gasteiger partial charge in [0.05, 0.1) is 6.10 Å². The highest BCUT2D eigenvalue weighted by Gasteiger charge is 2.57. The first-order valence-electron chi connectivity index (χ1n) is 6.25. The maximum atomic E-state index is 12.3. The molecule has 1 unspecified atom stereocenters. The van der Waals surface area contributed by atoms with Crippen LogP contribution in [0.25, 0.3) is 0 Å². The van der Waals surface area contributed by atoms with Crippen LogP contribution in [-0.2, 0) is 4.74 Å². The summed E-state index contributed by atoms with van der Waals surface area (Å²) in [6.07, 6.45) is -4.29. The monoisotopic (exact) mass is 333 g/mol. The molecule has 1 aliphatic rings. The van der Waals surface area contributed by atoms with Crippen LogP contribution in [0.3, 0.4) is 0 Å². The first kappa shape index (κ1) is 16.6. The van der Waals surface area contributed by atoms with E-state index in [0.29, 0.717) is 0 Å². The zero-order valence-corrected chi connectivity index (χ0v) is 12.1. The minimum absolute atomic E-state index is 0.812. The van der Waals surface area contributed by atoms with Crippen molar-refractivity contribution < 1.29 is 19.3 Å². The lowest BCUT2D eigenvalue weighted by atomic mass is 9.97. The maximum Gasteiger partial charge on any atom is 0.350 e. The van der Waals surface area contributed by atoms with E-state index in [9.17, 15) is 24.2 Å². The second-order valence-electron chi connectivity index (χ2n) is 4.73. The summed E-state index contributed by atoms with van der Waals surface area (Å²) in [5.74, 6) is 4.38. The van der Waals surface area contributed by atoms with Gasteiger partial charge in [-0.3, -0.25) is 9.55 Å². The molecule has 1 fully saturated rings. The van der Waals surface area contributed by atoms with Crippen LogP contribution in [0.2, 0.25) is 0 Å². The van der Waals surface area contributed by atoms with Crippen molar-refractivity contribution in [1.29, 1.82) is 0 Å². The molecule has 2 rings (SSSR count). The van der Waals surface area contributed by atoms with E-state index in [0.717, 1.165) is 10.9 Å². The lowest BCUT2D eigenvalue weighted by Crippen LogP contribution is -2.45. The molecule has 120 valence electrons. The highest BCUT2D eigenvalue weighted by atomic mass is 35.5. The van der Waals surface area contributed by atoms with Gasteiger partial charge in [-0.2, -0.15) is 4.98 Å². The van der Waals surface area contributed by atoms with E-state index in [2.05, 4.69) is 16.8 Å². The van der Waals surface area contributed by atoms with Gasteiger partial charge in [0, 0.05) is 0 Å². The molecule has 0 spiro atoms. The number of ether oxygens (including phenoxy) is 1. The smallest absolute Gasteiger partial charge is 0.350 e. The van der Waals surface area contributed by atoms with Gasteiger partial charge in [0.25, 0.3) is 0 Å². The summed E-state index contributed by atoms with van der Waals surface area (Å²) < 4.78 is 18.5. The maximum absolute atomic E-state index is 12.3. The molecule has 0 saturated carbocycles. The van der Waals surface area contributed by atoms with Crippen molar-refractivity contribution in [2.75, 3.05) is 6.67 Å². The van der Waals surface area contributed by atoms with Crippen molar-refractivity contribution in [3.63, 3.8) is 0 Å². The molecule has 8 nitrogen and oxygen atoms in total. The predicted molar refractivity (Wildman–Crippen MR) is 73.1 cm³/mol. The van der Waals surface area contributed by atoms with E-state index in [-0.39, 0.29) is 0 Å². The number of nitrogens with zero attached hydrogens (tertiary/aromatic N) is 2. The number of nitrogens with one attached hydrogen (secondary N) is 1. The first-order valence-corrected chi connectivity index (χ1v) is 6.63. The Bertz CT molecular complexity index is 724. The fourth-order valence-electron chi connectivity index (χ4n) is 2.18. The lowest BCUT2D eigenvalue weighted by Gasteiger charge is -2.25. The van der Waals surface area contributed by atoms with Crippen molar-refractivity contribution in [2.24, 2.45) is 0 Å². The number of rotatable bonds is 2. The van der Waals surface area contributed by atoms with Crippen LogP contribution in [0.4, 0.5) is 4.39 Å². The Morgan fingerprint density at radius 2 is 2.36 bits per heavy atom. The quantitative estimate of drug-likeness (QED) is 0.449. The van der Waals surface area contributed by atoms with Gasteiger partial charge in [-0.05, 0) is 6.92 Å². The summed E-state index contributed by atoms with van der Waals surface area (Å²) in [7, 11) is 0. The van der Waals surface area contributed by atoms with E-state index in [4.69, 9.17) is 16.3 Å². The molecular weight excluding hydrogens is 321 g/mol. The summed E-state index contributed by atoms with van der Waals surface area (Å²) in [6.45, 7) is 0.329. The summed E-state index contributed by atoms with van der Waals surface area (Å²) in [5.41, 5.74) is -1.77. The average molecular weight is 334 g/mol. The van der Waals surface area contributed by atoms with Gasteiger partial charge in [-0.1, -0.05) is 23.4 Å². The fraction of sp³-hybridized carbons (Fsp3) is 0.583. The Morgan fingerprint density at radius 1 is 1.68 bits per heavy atom. The predicted octanol–water partition coefficient (Wildman–Crippen LogP) is -1.48. The molecule has 2 heterocycles. The number of H-pyrrole nitrogens is 1. The van der Waals surface area contributed by atoms with Crippen LogP contribution in [0.5, 0.6) is 0 Å². The Morgan fingerprint density at radius 3 is 2.91 bits per heavy atom. The minimum atomic E-state index is -1.89. The first-order chi connectivity index (χ1) is 10.3. The van der Waals surface area contributed by atoms with Gasteiger partial charge in [0.1, 0.15) is 25.2 Å². The van der Waals surface area contributed by atoms with E-state index in [1.165, 1.54) is 6.92 Å². The van der Waals surface area contributed by atoms with Crippen LogP contribution in [0.1, 0.15) is 13.2 Å². The highest BCUT2D eigenvalue weighted by Crippen LogP contribution is 2.43. The molecule has 0 amide bonds. The van der Waals surface area contributed by atoms with Crippen LogP contribution >= 0.6 is 11.6 Å². The summed E-state index contributed by atoms with van der Waals surface area (Å²) in [4.78, 5) is 26.2. The number of aliphatic hydroxyl groups excluding tert-OH is 2. The third kappa shape index (κ3) is 2.78. The van der Waals surface area contributed by atoms with Crippen LogP contribution in [0.15, 0.2) is 15.9 Å². The van der Waals surface area contributed by atoms with Crippen molar-refractivity contribution in [3.8, 4) is 11.8 Å². The molecule has 1 aromatic heterocycles. The summed E-state index contributed by atoms with van der Waals surface area (Å²) >= 11 is 6.25. The van der Waals surface area contributed by atoms with Gasteiger partial charge < -0.3 is 14.9 Å². The van der Waals surface area contributed by atoms with Crippen molar-refractivity contribution in [1.82, 2.24) is 14.5 Å². The van der Waals surface area contributed by atoms with Gasteiger partial charge in [0.15, 0.2) is 11.1 Å². The number of halogens is 2. The third-order valence-electron chi connectivity index (χ3n) is 3.21. The van der Waals surface area contributed by atoms with Crippen LogP contribution in [-0.4, -0.2) is 54.6 Å². The zero-order valence-electron chi connectivity index (χ0n) is 11.4.